The zero-order chi connectivity index (χ0) is 19.6. The van der Waals surface area contributed by atoms with E-state index >= 15 is 0 Å². The number of para-hydroxylation sites is 1. The Morgan fingerprint density at radius 1 is 1.00 bits per heavy atom. The van der Waals surface area contributed by atoms with E-state index in [2.05, 4.69) is 5.32 Å². The van der Waals surface area contributed by atoms with Crippen LogP contribution in [0.4, 0.5) is 5.69 Å². The molecule has 2 aromatic rings. The molecule has 2 aromatic carbocycles. The lowest BCUT2D eigenvalue weighted by atomic mass is 10.1. The summed E-state index contributed by atoms with van der Waals surface area (Å²) >= 11 is 0. The fourth-order valence-corrected chi connectivity index (χ4v) is 5.52. The number of anilines is 1. The van der Waals surface area contributed by atoms with Crippen molar-refractivity contribution in [3.8, 4) is 0 Å². The van der Waals surface area contributed by atoms with Gasteiger partial charge in [-0.05, 0) is 54.7 Å². The lowest BCUT2D eigenvalue weighted by Gasteiger charge is -2.31. The molecule has 0 saturated carbocycles. The van der Waals surface area contributed by atoms with Crippen molar-refractivity contribution in [2.24, 2.45) is 0 Å². The van der Waals surface area contributed by atoms with E-state index in [1.807, 2.05) is 42.5 Å². The zero-order valence-electron chi connectivity index (χ0n) is 15.9. The van der Waals surface area contributed by atoms with E-state index in [0.29, 0.717) is 37.6 Å². The molecule has 0 bridgehead atoms. The van der Waals surface area contributed by atoms with Crippen molar-refractivity contribution in [1.82, 2.24) is 4.31 Å². The fraction of sp³-hybridized carbons (Fsp3) is 0.381. The minimum absolute atomic E-state index is 0.0453. The van der Waals surface area contributed by atoms with Gasteiger partial charge in [-0.15, -0.1) is 0 Å². The fourth-order valence-electron chi connectivity index (χ4n) is 4.03. The van der Waals surface area contributed by atoms with Gasteiger partial charge in [0.05, 0.1) is 31.1 Å². The summed E-state index contributed by atoms with van der Waals surface area (Å²) in [4.78, 5) is 13.7. The minimum Gasteiger partial charge on any atom is -0.325 e. The number of hydrogen-bond donors (Lipinski definition) is 2. The second kappa shape index (κ2) is 8.03. The van der Waals surface area contributed by atoms with Crippen LogP contribution in [-0.4, -0.2) is 51.4 Å². The van der Waals surface area contributed by atoms with Gasteiger partial charge in [-0.2, -0.15) is 4.31 Å². The number of carbonyl (C=O) groups is 1. The van der Waals surface area contributed by atoms with Crippen molar-refractivity contribution in [3.05, 3.63) is 59.7 Å². The molecule has 0 aromatic heterocycles. The van der Waals surface area contributed by atoms with E-state index in [1.54, 1.807) is 10.4 Å². The van der Waals surface area contributed by atoms with Crippen molar-refractivity contribution in [3.63, 3.8) is 0 Å². The molecule has 6 nitrogen and oxygen atoms in total. The van der Waals surface area contributed by atoms with Gasteiger partial charge in [0.25, 0.3) is 5.91 Å². The number of carbonyl (C=O) groups excluding carboxylic acids is 1. The van der Waals surface area contributed by atoms with Crippen LogP contribution in [0.3, 0.4) is 0 Å². The number of sulfonamides is 1. The SMILES string of the molecule is O=C(C[NH+]1CCN(S(=O)(=O)c2ccc3c(c2)CCC3)CC1)Nc1ccccc1. The van der Waals surface area contributed by atoms with Crippen molar-refractivity contribution >= 4 is 21.6 Å². The van der Waals surface area contributed by atoms with E-state index in [1.165, 1.54) is 11.1 Å². The van der Waals surface area contributed by atoms with Gasteiger partial charge < -0.3 is 10.2 Å². The number of amides is 1. The highest BCUT2D eigenvalue weighted by molar-refractivity contribution is 7.89. The van der Waals surface area contributed by atoms with Crippen LogP contribution in [0, 0.1) is 0 Å². The first-order chi connectivity index (χ1) is 13.5. The van der Waals surface area contributed by atoms with Crippen LogP contribution in [0.5, 0.6) is 0 Å². The molecule has 1 aliphatic carbocycles. The van der Waals surface area contributed by atoms with E-state index in [0.717, 1.165) is 29.8 Å². The van der Waals surface area contributed by atoms with E-state index in [9.17, 15) is 13.2 Å². The number of nitrogens with one attached hydrogen (secondary N) is 2. The Kier molecular flexibility index (Phi) is 5.48. The number of nitrogens with zero attached hydrogens (tertiary/aromatic N) is 1. The van der Waals surface area contributed by atoms with Gasteiger partial charge in [-0.25, -0.2) is 8.42 Å². The van der Waals surface area contributed by atoms with Gasteiger partial charge in [-0.1, -0.05) is 24.3 Å². The first-order valence-electron chi connectivity index (χ1n) is 9.83. The first kappa shape index (κ1) is 19.1. The molecule has 2 aliphatic rings. The Morgan fingerprint density at radius 3 is 2.46 bits per heavy atom. The summed E-state index contributed by atoms with van der Waals surface area (Å²) in [5.74, 6) is -0.0453. The second-order valence-electron chi connectivity index (χ2n) is 7.53. The summed E-state index contributed by atoms with van der Waals surface area (Å²) in [5, 5.41) is 2.89. The third-order valence-electron chi connectivity index (χ3n) is 5.61. The number of fused-ring (bicyclic) bond motifs is 1. The van der Waals surface area contributed by atoms with Crippen LogP contribution in [-0.2, 0) is 27.7 Å². The molecule has 28 heavy (non-hydrogen) atoms. The summed E-state index contributed by atoms with van der Waals surface area (Å²) < 4.78 is 27.5. The average Bonchev–Trinajstić information content (AvgIpc) is 3.17. The molecule has 0 radical (unpaired) electrons. The van der Waals surface area contributed by atoms with Crippen molar-refractivity contribution in [2.75, 3.05) is 38.0 Å². The second-order valence-corrected chi connectivity index (χ2v) is 9.47. The normalized spacial score (nSPS) is 18.0. The predicted molar refractivity (Wildman–Crippen MR) is 108 cm³/mol. The third-order valence-corrected chi connectivity index (χ3v) is 7.50. The Hall–Kier alpha value is -2.22. The molecule has 2 N–H and O–H groups in total. The standard InChI is InChI=1S/C21H25N3O3S/c25-21(22-19-7-2-1-3-8-19)16-23-11-13-24(14-12-23)28(26,27)20-10-9-17-5-4-6-18(17)15-20/h1-3,7-10,15H,4-6,11-14,16H2,(H,22,25)/p+1. The highest BCUT2D eigenvalue weighted by Crippen LogP contribution is 2.26. The summed E-state index contributed by atoms with van der Waals surface area (Å²) in [6, 6.07) is 14.9. The number of benzene rings is 2. The number of quaternary nitrogens is 1. The van der Waals surface area contributed by atoms with Crippen molar-refractivity contribution in [2.45, 2.75) is 24.2 Å². The number of rotatable bonds is 5. The van der Waals surface area contributed by atoms with Crippen LogP contribution in [0.25, 0.3) is 0 Å². The van der Waals surface area contributed by atoms with Crippen molar-refractivity contribution in [1.29, 1.82) is 0 Å². The molecule has 1 amide bonds. The van der Waals surface area contributed by atoms with Gasteiger partial charge in [0, 0.05) is 5.69 Å². The Labute approximate surface area is 166 Å². The minimum atomic E-state index is -3.46. The number of hydrogen-bond acceptors (Lipinski definition) is 3. The quantitative estimate of drug-likeness (QED) is 0.776. The van der Waals surface area contributed by atoms with Crippen LogP contribution >= 0.6 is 0 Å². The lowest BCUT2D eigenvalue weighted by Crippen LogP contribution is -3.15. The Morgan fingerprint density at radius 2 is 1.71 bits per heavy atom. The van der Waals surface area contributed by atoms with E-state index in [-0.39, 0.29) is 5.91 Å². The molecule has 7 heteroatoms. The van der Waals surface area contributed by atoms with Crippen LogP contribution in [0.1, 0.15) is 17.5 Å². The third kappa shape index (κ3) is 4.11. The molecule has 4 rings (SSSR count). The number of aryl methyl sites for hydroxylation is 2. The summed E-state index contributed by atoms with van der Waals surface area (Å²) in [5.41, 5.74) is 3.23. The predicted octanol–water partition coefficient (Wildman–Crippen LogP) is 0.703. The molecule has 1 aliphatic heterocycles. The summed E-state index contributed by atoms with van der Waals surface area (Å²) in [7, 11) is -3.46. The van der Waals surface area contributed by atoms with E-state index in [4.69, 9.17) is 0 Å². The summed E-state index contributed by atoms with van der Waals surface area (Å²) in [6.45, 7) is 2.49. The molecule has 148 valence electrons. The van der Waals surface area contributed by atoms with E-state index < -0.39 is 10.0 Å². The topological polar surface area (TPSA) is 70.9 Å². The highest BCUT2D eigenvalue weighted by Gasteiger charge is 2.31. The van der Waals surface area contributed by atoms with Gasteiger partial charge in [0.15, 0.2) is 6.54 Å². The summed E-state index contributed by atoms with van der Waals surface area (Å²) in [6.07, 6.45) is 3.11. The molecule has 0 spiro atoms. The Bertz CT molecular complexity index is 952. The zero-order valence-corrected chi connectivity index (χ0v) is 16.7. The molecule has 0 atom stereocenters. The monoisotopic (exact) mass is 400 g/mol. The van der Waals surface area contributed by atoms with Gasteiger partial charge in [0.2, 0.25) is 10.0 Å². The van der Waals surface area contributed by atoms with Crippen LogP contribution in [0.15, 0.2) is 53.4 Å². The molecular weight excluding hydrogens is 374 g/mol. The smallest absolute Gasteiger partial charge is 0.279 e. The van der Waals surface area contributed by atoms with Gasteiger partial charge in [0.1, 0.15) is 0 Å². The highest BCUT2D eigenvalue weighted by atomic mass is 32.2. The maximum absolute atomic E-state index is 13.0. The first-order valence-corrected chi connectivity index (χ1v) is 11.3. The molecular formula is C21H26N3O3S+. The molecule has 1 saturated heterocycles. The van der Waals surface area contributed by atoms with Gasteiger partial charge in [-0.3, -0.25) is 4.79 Å². The molecule has 1 fully saturated rings. The molecule has 1 heterocycles. The largest absolute Gasteiger partial charge is 0.325 e. The van der Waals surface area contributed by atoms with Gasteiger partial charge >= 0.3 is 0 Å². The maximum Gasteiger partial charge on any atom is 0.279 e. The average molecular weight is 401 g/mol. The maximum atomic E-state index is 13.0. The number of piperazine rings is 1. The van der Waals surface area contributed by atoms with Crippen LogP contribution < -0.4 is 10.2 Å². The Balaban J connectivity index is 1.34. The lowest BCUT2D eigenvalue weighted by molar-refractivity contribution is -0.895. The molecule has 0 unspecified atom stereocenters. The van der Waals surface area contributed by atoms with Crippen molar-refractivity contribution < 1.29 is 18.1 Å². The van der Waals surface area contributed by atoms with Crippen LogP contribution in [0.2, 0.25) is 0 Å².